The number of hydrogen-bond donors (Lipinski definition) is 2. The maximum atomic E-state index is 14.3. The van der Waals surface area contributed by atoms with Gasteiger partial charge in [0.2, 0.25) is 0 Å². The molecule has 0 heterocycles. The fraction of sp³-hybridized carbons (Fsp3) is 0.333. The van der Waals surface area contributed by atoms with Crippen LogP contribution in [0.5, 0.6) is 0 Å². The van der Waals surface area contributed by atoms with Crippen molar-refractivity contribution >= 4 is 29.3 Å². The summed E-state index contributed by atoms with van der Waals surface area (Å²) in [5, 5.41) is 12.5. The summed E-state index contributed by atoms with van der Waals surface area (Å²) >= 11 is 1.17. The summed E-state index contributed by atoms with van der Waals surface area (Å²) in [6.45, 7) is 0. The lowest BCUT2D eigenvalue weighted by Gasteiger charge is -2.33. The predicted molar refractivity (Wildman–Crippen MR) is 106 cm³/mol. The molecule has 0 spiro atoms. The first-order valence-corrected chi connectivity index (χ1v) is 10.2. The number of methoxy groups -OCH3 is 1. The molecule has 1 aliphatic rings. The average molecular weight is 457 g/mol. The molecule has 2 aromatic rings. The van der Waals surface area contributed by atoms with Crippen LogP contribution in [-0.2, 0) is 9.53 Å². The molecule has 0 atom stereocenters. The Morgan fingerprint density at radius 3 is 2.26 bits per heavy atom. The molecule has 31 heavy (non-hydrogen) atoms. The number of nitrogens with one attached hydrogen (secondary N) is 1. The van der Waals surface area contributed by atoms with Crippen LogP contribution in [0.1, 0.15) is 36.0 Å². The highest BCUT2D eigenvalue weighted by atomic mass is 32.2. The number of ether oxygens (including phenoxy) is 1. The van der Waals surface area contributed by atoms with E-state index in [9.17, 15) is 32.3 Å². The molecule has 0 saturated heterocycles. The van der Waals surface area contributed by atoms with Crippen LogP contribution >= 0.6 is 11.8 Å². The Labute approximate surface area is 179 Å². The molecular weight excluding hydrogens is 438 g/mol. The number of anilines is 1. The Morgan fingerprint density at radius 1 is 1.06 bits per heavy atom. The lowest BCUT2D eigenvalue weighted by Crippen LogP contribution is -2.43. The number of carbonyl (C=O) groups is 2. The van der Waals surface area contributed by atoms with Crippen molar-refractivity contribution in [2.75, 3.05) is 12.4 Å². The quantitative estimate of drug-likeness (QED) is 0.395. The average Bonchev–Trinajstić information content (AvgIpc) is 2.74. The zero-order chi connectivity index (χ0) is 22.8. The Bertz CT molecular complexity index is 986. The minimum absolute atomic E-state index is 0.0379. The minimum Gasteiger partial charge on any atom is -0.467 e. The van der Waals surface area contributed by atoms with Crippen LogP contribution in [0, 0.1) is 23.3 Å². The van der Waals surface area contributed by atoms with Crippen molar-refractivity contribution in [1.82, 2.24) is 0 Å². The van der Waals surface area contributed by atoms with Crippen molar-refractivity contribution in [3.8, 4) is 0 Å². The molecule has 0 radical (unpaired) electrons. The SMILES string of the molecule is COC(=O)C1(O)CCC(Sc2cc(C(=O)Nc3cc(F)c(F)c(F)c3)ccc2F)CC1. The van der Waals surface area contributed by atoms with Gasteiger partial charge in [0.05, 0.1) is 7.11 Å². The summed E-state index contributed by atoms with van der Waals surface area (Å²) in [7, 11) is 1.20. The molecule has 5 nitrogen and oxygen atoms in total. The topological polar surface area (TPSA) is 75.6 Å². The molecule has 2 aromatic carbocycles. The van der Waals surface area contributed by atoms with Gasteiger partial charge in [0.15, 0.2) is 23.1 Å². The van der Waals surface area contributed by atoms with Crippen LogP contribution < -0.4 is 5.32 Å². The molecule has 1 fully saturated rings. The molecule has 1 amide bonds. The van der Waals surface area contributed by atoms with Crippen LogP contribution in [0.2, 0.25) is 0 Å². The molecule has 0 aromatic heterocycles. The predicted octanol–water partition coefficient (Wildman–Crippen LogP) is 4.43. The maximum absolute atomic E-state index is 14.3. The van der Waals surface area contributed by atoms with Crippen molar-refractivity contribution in [3.63, 3.8) is 0 Å². The molecule has 166 valence electrons. The smallest absolute Gasteiger partial charge is 0.337 e. The zero-order valence-corrected chi connectivity index (χ0v) is 17.2. The number of hydrogen-bond acceptors (Lipinski definition) is 5. The second kappa shape index (κ2) is 9.27. The van der Waals surface area contributed by atoms with E-state index in [1.54, 1.807) is 0 Å². The van der Waals surface area contributed by atoms with Crippen molar-refractivity contribution in [3.05, 3.63) is 59.2 Å². The summed E-state index contributed by atoms with van der Waals surface area (Å²) in [5.74, 6) is -6.56. The molecule has 10 heteroatoms. The van der Waals surface area contributed by atoms with Crippen LogP contribution in [0.15, 0.2) is 35.2 Å². The molecule has 3 rings (SSSR count). The van der Waals surface area contributed by atoms with Crippen molar-refractivity contribution in [2.45, 2.75) is 41.4 Å². The largest absolute Gasteiger partial charge is 0.467 e. The van der Waals surface area contributed by atoms with Gasteiger partial charge in [0.25, 0.3) is 5.91 Å². The third kappa shape index (κ3) is 5.19. The van der Waals surface area contributed by atoms with Gasteiger partial charge < -0.3 is 15.2 Å². The van der Waals surface area contributed by atoms with Crippen LogP contribution in [0.4, 0.5) is 23.2 Å². The van der Waals surface area contributed by atoms with Crippen LogP contribution in [0.25, 0.3) is 0 Å². The molecule has 0 bridgehead atoms. The summed E-state index contributed by atoms with van der Waals surface area (Å²) in [6, 6.07) is 4.88. The zero-order valence-electron chi connectivity index (χ0n) is 16.4. The van der Waals surface area contributed by atoms with E-state index in [-0.39, 0.29) is 34.2 Å². The van der Waals surface area contributed by atoms with E-state index in [0.717, 1.165) is 6.07 Å². The van der Waals surface area contributed by atoms with Gasteiger partial charge in [0.1, 0.15) is 5.82 Å². The number of thioether (sulfide) groups is 1. The van der Waals surface area contributed by atoms with Gasteiger partial charge in [-0.2, -0.15) is 0 Å². The highest BCUT2D eigenvalue weighted by molar-refractivity contribution is 8.00. The molecule has 0 unspecified atom stereocenters. The van der Waals surface area contributed by atoms with Crippen LogP contribution in [-0.4, -0.2) is 34.9 Å². The fourth-order valence-electron chi connectivity index (χ4n) is 3.33. The van der Waals surface area contributed by atoms with E-state index in [4.69, 9.17) is 0 Å². The number of aliphatic hydroxyl groups is 1. The van der Waals surface area contributed by atoms with E-state index in [2.05, 4.69) is 10.1 Å². The Morgan fingerprint density at radius 2 is 1.68 bits per heavy atom. The van der Waals surface area contributed by atoms with E-state index in [0.29, 0.717) is 25.0 Å². The van der Waals surface area contributed by atoms with E-state index >= 15 is 0 Å². The molecule has 0 aliphatic heterocycles. The summed E-state index contributed by atoms with van der Waals surface area (Å²) in [6.07, 6.45) is 1.20. The van der Waals surface area contributed by atoms with Gasteiger partial charge in [-0.25, -0.2) is 22.4 Å². The number of benzene rings is 2. The highest BCUT2D eigenvalue weighted by Crippen LogP contribution is 2.39. The first kappa shape index (κ1) is 23.1. The van der Waals surface area contributed by atoms with Gasteiger partial charge >= 0.3 is 5.97 Å². The molecule has 2 N–H and O–H groups in total. The second-order valence-corrected chi connectivity index (χ2v) is 8.54. The first-order chi connectivity index (χ1) is 14.6. The van der Waals surface area contributed by atoms with Crippen molar-refractivity contribution in [2.24, 2.45) is 0 Å². The van der Waals surface area contributed by atoms with Crippen molar-refractivity contribution < 1.29 is 37.0 Å². The normalized spacial score (nSPS) is 20.9. The van der Waals surface area contributed by atoms with E-state index in [1.165, 1.54) is 31.0 Å². The number of halogens is 4. The van der Waals surface area contributed by atoms with Gasteiger partial charge in [0, 0.05) is 33.5 Å². The number of amides is 1. The van der Waals surface area contributed by atoms with Gasteiger partial charge in [-0.05, 0) is 43.9 Å². The summed E-state index contributed by atoms with van der Waals surface area (Å²) in [5.41, 5.74) is -1.79. The standard InChI is InChI=1S/C21H19F4NO4S/c1-30-20(28)21(29)6-4-13(5-7-21)31-17-8-11(2-3-14(17)22)19(27)26-12-9-15(23)18(25)16(24)10-12/h2-3,8-10,13,29H,4-7H2,1H3,(H,26,27). The maximum Gasteiger partial charge on any atom is 0.337 e. The second-order valence-electron chi connectivity index (χ2n) is 7.19. The molecule has 1 saturated carbocycles. The lowest BCUT2D eigenvalue weighted by molar-refractivity contribution is -0.165. The summed E-state index contributed by atoms with van der Waals surface area (Å²) in [4.78, 5) is 24.3. The monoisotopic (exact) mass is 457 g/mol. The number of esters is 1. The van der Waals surface area contributed by atoms with Gasteiger partial charge in [-0.15, -0.1) is 11.8 Å². The molecule has 1 aliphatic carbocycles. The van der Waals surface area contributed by atoms with Crippen molar-refractivity contribution in [1.29, 1.82) is 0 Å². The third-order valence-corrected chi connectivity index (χ3v) is 6.43. The fourth-order valence-corrected chi connectivity index (χ4v) is 4.53. The van der Waals surface area contributed by atoms with E-state index in [1.807, 2.05) is 0 Å². The summed E-state index contributed by atoms with van der Waals surface area (Å²) < 4.78 is 58.6. The van der Waals surface area contributed by atoms with Gasteiger partial charge in [-0.1, -0.05) is 0 Å². The highest BCUT2D eigenvalue weighted by Gasteiger charge is 2.41. The Hall–Kier alpha value is -2.59. The third-order valence-electron chi connectivity index (χ3n) is 5.05. The minimum atomic E-state index is -1.65. The van der Waals surface area contributed by atoms with Gasteiger partial charge in [-0.3, -0.25) is 4.79 Å². The lowest BCUT2D eigenvalue weighted by atomic mass is 9.85. The number of carbonyl (C=O) groups excluding carboxylic acids is 2. The Kier molecular flexibility index (Phi) is 6.90. The Balaban J connectivity index is 1.69. The first-order valence-electron chi connectivity index (χ1n) is 9.36. The molecular formula is C21H19F4NO4S. The van der Waals surface area contributed by atoms with E-state index < -0.39 is 40.7 Å². The number of rotatable bonds is 5. The van der Waals surface area contributed by atoms with Crippen LogP contribution in [0.3, 0.4) is 0 Å².